The third-order valence-electron chi connectivity index (χ3n) is 3.38. The van der Waals surface area contributed by atoms with Crippen LogP contribution in [0.1, 0.15) is 29.6 Å². The molecule has 0 amide bonds. The molecule has 0 atom stereocenters. The second kappa shape index (κ2) is 5.63. The Bertz CT molecular complexity index is 435. The number of nitrogens with zero attached hydrogens (tertiary/aromatic N) is 2. The van der Waals surface area contributed by atoms with Crippen molar-refractivity contribution in [3.8, 4) is 0 Å². The smallest absolute Gasteiger partial charge is 0.156 e. The van der Waals surface area contributed by atoms with Crippen molar-refractivity contribution in [2.75, 3.05) is 25.6 Å². The van der Waals surface area contributed by atoms with E-state index in [0.29, 0.717) is 17.7 Å². The Morgan fingerprint density at radius 1 is 1.56 bits per heavy atom. The van der Waals surface area contributed by atoms with Gasteiger partial charge in [-0.25, -0.2) is 9.97 Å². The first-order chi connectivity index (χ1) is 8.71. The van der Waals surface area contributed by atoms with E-state index >= 15 is 0 Å². The normalized spacial score (nSPS) is 16.3. The standard InChI is InChI=1S/C12H16ClN3O2/c1-18-5-4-12(2-3-12)7-14-11-9(6-17)10(13)15-8-16-11/h6,8H,2-5,7H2,1H3,(H,14,15,16). The van der Waals surface area contributed by atoms with E-state index < -0.39 is 0 Å². The van der Waals surface area contributed by atoms with Crippen LogP contribution in [0.25, 0.3) is 0 Å². The van der Waals surface area contributed by atoms with Gasteiger partial charge in [0.1, 0.15) is 17.3 Å². The summed E-state index contributed by atoms with van der Waals surface area (Å²) in [7, 11) is 1.71. The molecule has 0 unspecified atom stereocenters. The summed E-state index contributed by atoms with van der Waals surface area (Å²) in [5.41, 5.74) is 0.606. The van der Waals surface area contributed by atoms with Crippen molar-refractivity contribution in [2.24, 2.45) is 5.41 Å². The van der Waals surface area contributed by atoms with Crippen molar-refractivity contribution in [1.29, 1.82) is 0 Å². The van der Waals surface area contributed by atoms with Gasteiger partial charge in [0.15, 0.2) is 6.29 Å². The highest BCUT2D eigenvalue weighted by Gasteiger charge is 2.41. The largest absolute Gasteiger partial charge is 0.385 e. The van der Waals surface area contributed by atoms with Crippen molar-refractivity contribution in [3.05, 3.63) is 17.0 Å². The molecule has 18 heavy (non-hydrogen) atoms. The van der Waals surface area contributed by atoms with E-state index in [9.17, 15) is 4.79 Å². The third-order valence-corrected chi connectivity index (χ3v) is 3.68. The predicted molar refractivity (Wildman–Crippen MR) is 69.1 cm³/mol. The summed E-state index contributed by atoms with van der Waals surface area (Å²) in [4.78, 5) is 18.8. The molecule has 1 saturated carbocycles. The molecular formula is C12H16ClN3O2. The van der Waals surface area contributed by atoms with Crippen molar-refractivity contribution < 1.29 is 9.53 Å². The van der Waals surface area contributed by atoms with Gasteiger partial charge in [0.05, 0.1) is 5.56 Å². The second-order valence-electron chi connectivity index (χ2n) is 4.64. The van der Waals surface area contributed by atoms with Crippen LogP contribution in [0.5, 0.6) is 0 Å². The molecule has 0 aliphatic heterocycles. The molecule has 5 nitrogen and oxygen atoms in total. The summed E-state index contributed by atoms with van der Waals surface area (Å²) in [6, 6.07) is 0. The maximum absolute atomic E-state index is 10.9. The Hall–Kier alpha value is -1.20. The molecule has 0 aromatic carbocycles. The number of methoxy groups -OCH3 is 1. The van der Waals surface area contributed by atoms with Gasteiger partial charge in [0, 0.05) is 20.3 Å². The van der Waals surface area contributed by atoms with Crippen LogP contribution in [0, 0.1) is 5.41 Å². The first-order valence-corrected chi connectivity index (χ1v) is 6.27. The van der Waals surface area contributed by atoms with E-state index in [-0.39, 0.29) is 10.6 Å². The third kappa shape index (κ3) is 2.97. The van der Waals surface area contributed by atoms with E-state index in [1.807, 2.05) is 0 Å². The highest BCUT2D eigenvalue weighted by atomic mass is 35.5. The second-order valence-corrected chi connectivity index (χ2v) is 5.00. The van der Waals surface area contributed by atoms with Crippen molar-refractivity contribution in [1.82, 2.24) is 9.97 Å². The highest BCUT2D eigenvalue weighted by Crippen LogP contribution is 2.48. The number of nitrogens with one attached hydrogen (secondary N) is 1. The maximum atomic E-state index is 10.9. The summed E-state index contributed by atoms with van der Waals surface area (Å²) in [5.74, 6) is 0.508. The first kappa shape index (κ1) is 13.2. The molecular weight excluding hydrogens is 254 g/mol. The van der Waals surface area contributed by atoms with Crippen molar-refractivity contribution in [3.63, 3.8) is 0 Å². The van der Waals surface area contributed by atoms with Crippen molar-refractivity contribution >= 4 is 23.7 Å². The fourth-order valence-corrected chi connectivity index (χ4v) is 2.08. The molecule has 2 rings (SSSR count). The van der Waals surface area contributed by atoms with Gasteiger partial charge in [-0.05, 0) is 24.7 Å². The zero-order chi connectivity index (χ0) is 13.0. The molecule has 1 aliphatic rings. The molecule has 6 heteroatoms. The fraction of sp³-hybridized carbons (Fsp3) is 0.583. The zero-order valence-electron chi connectivity index (χ0n) is 10.3. The van der Waals surface area contributed by atoms with Crippen LogP contribution in [0.2, 0.25) is 5.15 Å². The number of carbonyl (C=O) groups excluding carboxylic acids is 1. The number of aldehydes is 1. The van der Waals surface area contributed by atoms with Crippen LogP contribution in [-0.4, -0.2) is 36.5 Å². The average molecular weight is 270 g/mol. The Kier molecular flexibility index (Phi) is 4.14. The van der Waals surface area contributed by atoms with E-state index in [4.69, 9.17) is 16.3 Å². The number of aromatic nitrogens is 2. The van der Waals surface area contributed by atoms with E-state index in [2.05, 4.69) is 15.3 Å². The minimum Gasteiger partial charge on any atom is -0.385 e. The van der Waals surface area contributed by atoms with E-state index in [0.717, 1.165) is 19.6 Å². The Balaban J connectivity index is 1.98. The zero-order valence-corrected chi connectivity index (χ0v) is 11.0. The van der Waals surface area contributed by atoms with Crippen LogP contribution in [0.4, 0.5) is 5.82 Å². The quantitative estimate of drug-likeness (QED) is 0.607. The number of hydrogen-bond donors (Lipinski definition) is 1. The number of rotatable bonds is 7. The summed E-state index contributed by atoms with van der Waals surface area (Å²) >= 11 is 5.84. The molecule has 0 bridgehead atoms. The minimum absolute atomic E-state index is 0.184. The maximum Gasteiger partial charge on any atom is 0.156 e. The van der Waals surface area contributed by atoms with Crippen molar-refractivity contribution in [2.45, 2.75) is 19.3 Å². The van der Waals surface area contributed by atoms with Gasteiger partial charge in [0.2, 0.25) is 0 Å². The molecule has 1 fully saturated rings. The average Bonchev–Trinajstić information content (AvgIpc) is 3.15. The first-order valence-electron chi connectivity index (χ1n) is 5.89. The summed E-state index contributed by atoms with van der Waals surface area (Å²) in [6.45, 7) is 1.54. The Morgan fingerprint density at radius 2 is 2.33 bits per heavy atom. The molecule has 1 N–H and O–H groups in total. The molecule has 1 heterocycles. The van der Waals surface area contributed by atoms with Crippen LogP contribution in [0.3, 0.4) is 0 Å². The Morgan fingerprint density at radius 3 is 2.94 bits per heavy atom. The lowest BCUT2D eigenvalue weighted by Gasteiger charge is -2.16. The molecule has 0 saturated heterocycles. The topological polar surface area (TPSA) is 64.1 Å². The van der Waals surface area contributed by atoms with Crippen LogP contribution in [0.15, 0.2) is 6.33 Å². The monoisotopic (exact) mass is 269 g/mol. The lowest BCUT2D eigenvalue weighted by Crippen LogP contribution is -2.19. The van der Waals surface area contributed by atoms with Gasteiger partial charge in [-0.15, -0.1) is 0 Å². The van der Waals surface area contributed by atoms with Crippen LogP contribution >= 0.6 is 11.6 Å². The van der Waals surface area contributed by atoms with Gasteiger partial charge < -0.3 is 10.1 Å². The molecule has 0 spiro atoms. The summed E-state index contributed by atoms with van der Waals surface area (Å²) in [6.07, 6.45) is 5.41. The number of carbonyl (C=O) groups is 1. The lowest BCUT2D eigenvalue weighted by atomic mass is 10.0. The van der Waals surface area contributed by atoms with Gasteiger partial charge in [-0.3, -0.25) is 4.79 Å². The molecule has 1 aromatic rings. The Labute approximate surface area is 111 Å². The van der Waals surface area contributed by atoms with E-state index in [1.54, 1.807) is 7.11 Å². The van der Waals surface area contributed by atoms with Crippen LogP contribution < -0.4 is 5.32 Å². The van der Waals surface area contributed by atoms with Crippen LogP contribution in [-0.2, 0) is 4.74 Å². The molecule has 1 aliphatic carbocycles. The van der Waals surface area contributed by atoms with E-state index in [1.165, 1.54) is 19.2 Å². The van der Waals surface area contributed by atoms with Gasteiger partial charge in [-0.2, -0.15) is 0 Å². The van der Waals surface area contributed by atoms with Gasteiger partial charge >= 0.3 is 0 Å². The fourth-order valence-electron chi connectivity index (χ4n) is 1.90. The molecule has 98 valence electrons. The summed E-state index contributed by atoms with van der Waals surface area (Å²) < 4.78 is 5.10. The van der Waals surface area contributed by atoms with Gasteiger partial charge in [-0.1, -0.05) is 11.6 Å². The molecule has 1 aromatic heterocycles. The van der Waals surface area contributed by atoms with Gasteiger partial charge in [0.25, 0.3) is 0 Å². The number of anilines is 1. The highest BCUT2D eigenvalue weighted by molar-refractivity contribution is 6.32. The minimum atomic E-state index is 0.184. The summed E-state index contributed by atoms with van der Waals surface area (Å²) in [5, 5.41) is 3.38. The number of hydrogen-bond acceptors (Lipinski definition) is 5. The SMILES string of the molecule is COCCC1(CNc2ncnc(Cl)c2C=O)CC1. The molecule has 0 radical (unpaired) electrons. The predicted octanol–water partition coefficient (Wildman–Crippen LogP) is 2.17. The number of halogens is 1. The lowest BCUT2D eigenvalue weighted by molar-refractivity contribution is 0.112. The number of ether oxygens (including phenoxy) is 1.